The van der Waals surface area contributed by atoms with Gasteiger partial charge >= 0.3 is 6.03 Å². The highest BCUT2D eigenvalue weighted by Crippen LogP contribution is 2.35. The molecule has 22 heavy (non-hydrogen) atoms. The number of piperidine rings is 1. The Kier molecular flexibility index (Phi) is 4.71. The predicted octanol–water partition coefficient (Wildman–Crippen LogP) is 2.44. The van der Waals surface area contributed by atoms with E-state index in [1.807, 2.05) is 17.0 Å². The van der Waals surface area contributed by atoms with E-state index in [1.54, 1.807) is 7.11 Å². The van der Waals surface area contributed by atoms with E-state index in [0.29, 0.717) is 19.1 Å². The second-order valence-corrected chi connectivity index (χ2v) is 6.06. The summed E-state index contributed by atoms with van der Waals surface area (Å²) < 4.78 is 11.2. The molecule has 3 rings (SSSR count). The molecule has 1 aromatic rings. The van der Waals surface area contributed by atoms with Crippen molar-refractivity contribution in [2.75, 3.05) is 33.4 Å². The molecular formula is C17H24N2O3. The first-order valence-corrected chi connectivity index (χ1v) is 8.09. The van der Waals surface area contributed by atoms with Gasteiger partial charge in [0, 0.05) is 25.6 Å². The Balaban J connectivity index is 1.53. The van der Waals surface area contributed by atoms with Gasteiger partial charge in [0.1, 0.15) is 0 Å². The first-order chi connectivity index (χ1) is 10.8. The molecule has 5 heteroatoms. The lowest BCUT2D eigenvalue weighted by atomic mass is 9.96. The lowest BCUT2D eigenvalue weighted by molar-refractivity contribution is 0.176. The lowest BCUT2D eigenvalue weighted by Crippen LogP contribution is -2.45. The Morgan fingerprint density at radius 3 is 2.95 bits per heavy atom. The number of benzene rings is 1. The fraction of sp³-hybridized carbons (Fsp3) is 0.588. The van der Waals surface area contributed by atoms with E-state index in [1.165, 1.54) is 6.42 Å². The van der Waals surface area contributed by atoms with Crippen molar-refractivity contribution in [2.24, 2.45) is 5.92 Å². The minimum absolute atomic E-state index is 0.0659. The normalized spacial score (nSPS) is 20.8. The monoisotopic (exact) mass is 304 g/mol. The van der Waals surface area contributed by atoms with Gasteiger partial charge in [-0.2, -0.15) is 0 Å². The van der Waals surface area contributed by atoms with Crippen LogP contribution >= 0.6 is 0 Å². The molecule has 2 aliphatic heterocycles. The van der Waals surface area contributed by atoms with E-state index >= 15 is 0 Å². The van der Waals surface area contributed by atoms with Gasteiger partial charge in [0.05, 0.1) is 13.7 Å². The molecule has 1 fully saturated rings. The maximum absolute atomic E-state index is 12.1. The van der Waals surface area contributed by atoms with Gasteiger partial charge in [-0.25, -0.2) is 4.79 Å². The number of nitrogens with one attached hydrogen (secondary N) is 1. The number of hydrogen-bond donors (Lipinski definition) is 1. The highest BCUT2D eigenvalue weighted by molar-refractivity contribution is 5.74. The second-order valence-electron chi connectivity index (χ2n) is 6.06. The van der Waals surface area contributed by atoms with Crippen molar-refractivity contribution < 1.29 is 14.3 Å². The molecule has 2 heterocycles. The number of urea groups is 1. The molecule has 120 valence electrons. The molecule has 1 unspecified atom stereocenters. The largest absolute Gasteiger partial charge is 0.493 e. The molecule has 1 atom stereocenters. The minimum Gasteiger partial charge on any atom is -0.493 e. The molecule has 0 saturated carbocycles. The third-order valence-corrected chi connectivity index (χ3v) is 4.44. The number of carbonyl (C=O) groups excluding carboxylic acids is 1. The van der Waals surface area contributed by atoms with E-state index in [-0.39, 0.29) is 6.03 Å². The number of ether oxygens (including phenoxy) is 2. The summed E-state index contributed by atoms with van der Waals surface area (Å²) in [5.74, 6) is 1.95. The highest BCUT2D eigenvalue weighted by Gasteiger charge is 2.24. The number of nitrogens with zero attached hydrogens (tertiary/aromatic N) is 1. The predicted molar refractivity (Wildman–Crippen MR) is 84.5 cm³/mol. The summed E-state index contributed by atoms with van der Waals surface area (Å²) >= 11 is 0. The SMILES string of the molecule is COc1cccc2c1OCC(CNC(=O)N1CCCCC1)C2. The van der Waals surface area contributed by atoms with Gasteiger partial charge in [0.25, 0.3) is 0 Å². The molecule has 2 aliphatic rings. The summed E-state index contributed by atoms with van der Waals surface area (Å²) in [6, 6.07) is 6.03. The zero-order valence-electron chi connectivity index (χ0n) is 13.1. The maximum atomic E-state index is 12.1. The first kappa shape index (κ1) is 15.0. The van der Waals surface area contributed by atoms with E-state index < -0.39 is 0 Å². The molecular weight excluding hydrogens is 280 g/mol. The number of para-hydroxylation sites is 1. The Bertz CT molecular complexity index is 527. The number of hydrogen-bond acceptors (Lipinski definition) is 3. The molecule has 0 bridgehead atoms. The quantitative estimate of drug-likeness (QED) is 0.933. The summed E-state index contributed by atoms with van der Waals surface area (Å²) in [6.45, 7) is 3.04. The third kappa shape index (κ3) is 3.29. The van der Waals surface area contributed by atoms with Crippen LogP contribution in [0.15, 0.2) is 18.2 Å². The smallest absolute Gasteiger partial charge is 0.317 e. The van der Waals surface area contributed by atoms with Gasteiger partial charge in [-0.05, 0) is 37.3 Å². The molecule has 0 aromatic heterocycles. The van der Waals surface area contributed by atoms with Crippen LogP contribution in [0.25, 0.3) is 0 Å². The standard InChI is InChI=1S/C17H24N2O3/c1-21-15-7-5-6-14-10-13(12-22-16(14)15)11-18-17(20)19-8-3-2-4-9-19/h5-7,13H,2-4,8-12H2,1H3,(H,18,20). The number of fused-ring (bicyclic) bond motifs is 1. The topological polar surface area (TPSA) is 50.8 Å². The molecule has 0 aliphatic carbocycles. The van der Waals surface area contributed by atoms with Crippen LogP contribution in [-0.2, 0) is 6.42 Å². The minimum atomic E-state index is 0.0659. The summed E-state index contributed by atoms with van der Waals surface area (Å²) in [5, 5.41) is 3.06. The summed E-state index contributed by atoms with van der Waals surface area (Å²) in [7, 11) is 1.66. The lowest BCUT2D eigenvalue weighted by Gasteiger charge is -2.29. The van der Waals surface area contributed by atoms with Crippen LogP contribution in [0.2, 0.25) is 0 Å². The molecule has 0 radical (unpaired) electrons. The van der Waals surface area contributed by atoms with E-state index in [0.717, 1.165) is 49.4 Å². The van der Waals surface area contributed by atoms with Crippen LogP contribution in [0.3, 0.4) is 0 Å². The van der Waals surface area contributed by atoms with Crippen molar-refractivity contribution in [2.45, 2.75) is 25.7 Å². The van der Waals surface area contributed by atoms with Crippen LogP contribution in [0.1, 0.15) is 24.8 Å². The van der Waals surface area contributed by atoms with E-state index in [2.05, 4.69) is 11.4 Å². The Hall–Kier alpha value is -1.91. The van der Waals surface area contributed by atoms with E-state index in [9.17, 15) is 4.79 Å². The number of methoxy groups -OCH3 is 1. The summed E-state index contributed by atoms with van der Waals surface area (Å²) in [6.07, 6.45) is 4.38. The second kappa shape index (κ2) is 6.90. The molecule has 1 saturated heterocycles. The van der Waals surface area contributed by atoms with Crippen molar-refractivity contribution in [3.8, 4) is 11.5 Å². The van der Waals surface area contributed by atoms with Gasteiger partial charge in [-0.1, -0.05) is 12.1 Å². The number of rotatable bonds is 3. The average molecular weight is 304 g/mol. The van der Waals surface area contributed by atoms with Crippen LogP contribution in [0.5, 0.6) is 11.5 Å². The van der Waals surface area contributed by atoms with Gasteiger partial charge < -0.3 is 19.7 Å². The van der Waals surface area contributed by atoms with Crippen LogP contribution in [0.4, 0.5) is 4.79 Å². The van der Waals surface area contributed by atoms with Crippen molar-refractivity contribution in [3.63, 3.8) is 0 Å². The zero-order chi connectivity index (χ0) is 15.4. The first-order valence-electron chi connectivity index (χ1n) is 8.09. The third-order valence-electron chi connectivity index (χ3n) is 4.44. The number of carbonyl (C=O) groups is 1. The van der Waals surface area contributed by atoms with E-state index in [4.69, 9.17) is 9.47 Å². The van der Waals surface area contributed by atoms with Gasteiger partial charge in [-0.15, -0.1) is 0 Å². The number of amides is 2. The van der Waals surface area contributed by atoms with Gasteiger partial charge in [0.2, 0.25) is 0 Å². The zero-order valence-corrected chi connectivity index (χ0v) is 13.1. The van der Waals surface area contributed by atoms with Crippen molar-refractivity contribution in [1.29, 1.82) is 0 Å². The number of likely N-dealkylation sites (tertiary alicyclic amines) is 1. The van der Waals surface area contributed by atoms with Crippen molar-refractivity contribution in [1.82, 2.24) is 10.2 Å². The highest BCUT2D eigenvalue weighted by atomic mass is 16.5. The van der Waals surface area contributed by atoms with Crippen LogP contribution < -0.4 is 14.8 Å². The fourth-order valence-corrected chi connectivity index (χ4v) is 3.19. The van der Waals surface area contributed by atoms with Crippen molar-refractivity contribution in [3.05, 3.63) is 23.8 Å². The summed E-state index contributed by atoms with van der Waals surface area (Å²) in [5.41, 5.74) is 1.16. The van der Waals surface area contributed by atoms with Gasteiger partial charge in [-0.3, -0.25) is 0 Å². The maximum Gasteiger partial charge on any atom is 0.317 e. The molecule has 5 nitrogen and oxygen atoms in total. The summed E-state index contributed by atoms with van der Waals surface area (Å²) in [4.78, 5) is 14.1. The fourth-order valence-electron chi connectivity index (χ4n) is 3.19. The average Bonchev–Trinajstić information content (AvgIpc) is 2.59. The Labute approximate surface area is 131 Å². The van der Waals surface area contributed by atoms with Crippen LogP contribution in [-0.4, -0.2) is 44.3 Å². The Morgan fingerprint density at radius 2 is 2.18 bits per heavy atom. The van der Waals surface area contributed by atoms with Gasteiger partial charge in [0.15, 0.2) is 11.5 Å². The molecule has 2 amide bonds. The van der Waals surface area contributed by atoms with Crippen molar-refractivity contribution >= 4 is 6.03 Å². The molecule has 1 aromatic carbocycles. The Morgan fingerprint density at radius 1 is 1.36 bits per heavy atom. The van der Waals surface area contributed by atoms with Crippen LogP contribution in [0, 0.1) is 5.92 Å². The molecule has 1 N–H and O–H groups in total. The molecule has 0 spiro atoms.